The first-order valence-electron chi connectivity index (χ1n) is 14.8. The molecule has 0 aromatic heterocycles. The van der Waals surface area contributed by atoms with Gasteiger partial charge in [0.1, 0.15) is 13.2 Å². The summed E-state index contributed by atoms with van der Waals surface area (Å²) in [6, 6.07) is 0.182. The molecule has 6 aliphatic rings. The standard InChI is InChI=1S/C30H45N2O5/c1-28-10-7-22(31-27(34)36-16-15-32-13-3-4-14-32)18-21(28)5-6-25-24(28)8-11-29(2)23(9-12-30(25,29)35)20-17-26(33)37-19-20/h9,17,21-25,35H,3-8,10-16,18-19H2,1-2H3,(H,31,34)/t21-,22+,23-,24+,25-,28+,29-,30+/m1/s1. The maximum atomic E-state index is 12.5. The molecular weight excluding hydrogens is 468 g/mol. The number of rotatable bonds is 5. The Morgan fingerprint density at radius 3 is 2.73 bits per heavy atom. The van der Waals surface area contributed by atoms with Crippen LogP contribution in [0.1, 0.15) is 78.1 Å². The summed E-state index contributed by atoms with van der Waals surface area (Å²) < 4.78 is 10.8. The van der Waals surface area contributed by atoms with Gasteiger partial charge in [-0.1, -0.05) is 13.8 Å². The average Bonchev–Trinajstić information content (AvgIpc) is 3.59. The molecule has 0 spiro atoms. The summed E-state index contributed by atoms with van der Waals surface area (Å²) in [6.45, 7) is 8.63. The van der Waals surface area contributed by atoms with E-state index in [1.54, 1.807) is 6.08 Å². The van der Waals surface area contributed by atoms with E-state index in [2.05, 4.69) is 30.5 Å². The van der Waals surface area contributed by atoms with Crippen molar-refractivity contribution in [3.8, 4) is 0 Å². The molecule has 4 saturated carbocycles. The lowest BCUT2D eigenvalue weighted by Gasteiger charge is -2.63. The van der Waals surface area contributed by atoms with Gasteiger partial charge in [0, 0.05) is 24.1 Å². The Hall–Kier alpha value is -1.60. The molecule has 0 bridgehead atoms. The topological polar surface area (TPSA) is 88.1 Å². The van der Waals surface area contributed by atoms with Gasteiger partial charge in [0.05, 0.1) is 5.60 Å². The number of amides is 1. The van der Waals surface area contributed by atoms with E-state index in [0.29, 0.717) is 31.5 Å². The van der Waals surface area contributed by atoms with Crippen LogP contribution in [-0.2, 0) is 14.3 Å². The molecule has 1 saturated heterocycles. The van der Waals surface area contributed by atoms with Gasteiger partial charge >= 0.3 is 12.1 Å². The highest BCUT2D eigenvalue weighted by Gasteiger charge is 2.67. The van der Waals surface area contributed by atoms with Crippen molar-refractivity contribution in [1.82, 2.24) is 10.2 Å². The third-order valence-electron chi connectivity index (χ3n) is 11.9. The van der Waals surface area contributed by atoms with Crippen LogP contribution in [0.2, 0.25) is 0 Å². The fourth-order valence-electron chi connectivity index (χ4n) is 9.70. The van der Waals surface area contributed by atoms with Crippen molar-refractivity contribution in [2.24, 2.45) is 34.5 Å². The molecule has 0 aromatic rings. The number of hydrogen-bond acceptors (Lipinski definition) is 6. The largest absolute Gasteiger partial charge is 0.458 e. The minimum absolute atomic E-state index is 0.117. The fraction of sp³-hybridized carbons (Fsp3) is 0.833. The first kappa shape index (κ1) is 25.7. The number of cyclic esters (lactones) is 1. The van der Waals surface area contributed by atoms with Crippen LogP contribution in [0.4, 0.5) is 4.79 Å². The van der Waals surface area contributed by atoms with Crippen molar-refractivity contribution in [1.29, 1.82) is 0 Å². The number of likely N-dealkylation sites (tertiary alicyclic amines) is 1. The minimum atomic E-state index is -0.727. The first-order valence-corrected chi connectivity index (χ1v) is 14.8. The number of carbonyl (C=O) groups is 2. The van der Waals surface area contributed by atoms with Gasteiger partial charge in [-0.2, -0.15) is 0 Å². The smallest absolute Gasteiger partial charge is 0.407 e. The maximum Gasteiger partial charge on any atom is 0.407 e. The molecule has 37 heavy (non-hydrogen) atoms. The van der Waals surface area contributed by atoms with Crippen LogP contribution >= 0.6 is 0 Å². The molecule has 205 valence electrons. The van der Waals surface area contributed by atoms with Gasteiger partial charge in [-0.05, 0) is 118 Å². The normalized spacial score (nSPS) is 45.4. The van der Waals surface area contributed by atoms with E-state index in [1.807, 2.05) is 0 Å². The first-order chi connectivity index (χ1) is 17.7. The van der Waals surface area contributed by atoms with Crippen molar-refractivity contribution in [2.45, 2.75) is 89.7 Å². The lowest BCUT2D eigenvalue weighted by molar-refractivity contribution is -0.204. The lowest BCUT2D eigenvalue weighted by atomic mass is 9.43. The third kappa shape index (κ3) is 4.23. The number of aliphatic hydroxyl groups is 1. The minimum Gasteiger partial charge on any atom is -0.458 e. The zero-order valence-corrected chi connectivity index (χ0v) is 22.7. The van der Waals surface area contributed by atoms with Crippen LogP contribution in [-0.4, -0.2) is 66.6 Å². The summed E-state index contributed by atoms with van der Waals surface area (Å²) in [5.74, 6) is 1.22. The molecule has 7 heteroatoms. The second kappa shape index (κ2) is 9.55. The van der Waals surface area contributed by atoms with Crippen LogP contribution in [0.3, 0.4) is 0 Å². The summed E-state index contributed by atoms with van der Waals surface area (Å²) in [6.07, 6.45) is 14.2. The molecular formula is C30H45N2O5. The van der Waals surface area contributed by atoms with Crippen LogP contribution in [0.5, 0.6) is 0 Å². The molecule has 1 radical (unpaired) electrons. The van der Waals surface area contributed by atoms with E-state index in [-0.39, 0.29) is 40.8 Å². The second-order valence-electron chi connectivity index (χ2n) is 13.4. The zero-order chi connectivity index (χ0) is 25.8. The van der Waals surface area contributed by atoms with Gasteiger partial charge < -0.3 is 19.9 Å². The Kier molecular flexibility index (Phi) is 6.62. The number of hydrogen-bond donors (Lipinski definition) is 2. The molecule has 2 heterocycles. The van der Waals surface area contributed by atoms with Crippen LogP contribution in [0, 0.1) is 40.9 Å². The van der Waals surface area contributed by atoms with Crippen molar-refractivity contribution in [2.75, 3.05) is 32.8 Å². The van der Waals surface area contributed by atoms with Gasteiger partial charge in [-0.3, -0.25) is 4.90 Å². The van der Waals surface area contributed by atoms with Gasteiger partial charge in [-0.25, -0.2) is 9.59 Å². The van der Waals surface area contributed by atoms with E-state index in [0.717, 1.165) is 70.2 Å². The Bertz CT molecular complexity index is 946. The van der Waals surface area contributed by atoms with E-state index in [9.17, 15) is 14.7 Å². The number of nitrogens with one attached hydrogen (secondary N) is 1. The van der Waals surface area contributed by atoms with Crippen molar-refractivity contribution < 1.29 is 24.2 Å². The third-order valence-corrected chi connectivity index (χ3v) is 11.9. The Balaban J connectivity index is 1.08. The summed E-state index contributed by atoms with van der Waals surface area (Å²) in [5, 5.41) is 15.5. The van der Waals surface area contributed by atoms with E-state index in [4.69, 9.17) is 9.47 Å². The highest BCUT2D eigenvalue weighted by molar-refractivity contribution is 5.85. The Morgan fingerprint density at radius 2 is 1.97 bits per heavy atom. The van der Waals surface area contributed by atoms with Crippen molar-refractivity contribution in [3.63, 3.8) is 0 Å². The number of esters is 1. The van der Waals surface area contributed by atoms with Crippen LogP contribution in [0.15, 0.2) is 11.6 Å². The Labute approximate surface area is 221 Å². The number of nitrogens with zero attached hydrogens (tertiary/aromatic N) is 1. The number of carbonyl (C=O) groups excluding carboxylic acids is 2. The highest BCUT2D eigenvalue weighted by Crippen LogP contribution is 2.69. The van der Waals surface area contributed by atoms with Gasteiger partial charge in [0.15, 0.2) is 0 Å². The quantitative estimate of drug-likeness (QED) is 0.535. The molecule has 6 rings (SSSR count). The summed E-state index contributed by atoms with van der Waals surface area (Å²) in [7, 11) is 0. The van der Waals surface area contributed by atoms with Gasteiger partial charge in [0.2, 0.25) is 0 Å². The molecule has 0 unspecified atom stereocenters. The van der Waals surface area contributed by atoms with Gasteiger partial charge in [-0.15, -0.1) is 0 Å². The molecule has 8 atom stereocenters. The van der Waals surface area contributed by atoms with Crippen LogP contribution in [0.25, 0.3) is 0 Å². The fourth-order valence-corrected chi connectivity index (χ4v) is 9.70. The molecule has 1 amide bonds. The van der Waals surface area contributed by atoms with Crippen LogP contribution < -0.4 is 5.32 Å². The predicted octanol–water partition coefficient (Wildman–Crippen LogP) is 4.25. The van der Waals surface area contributed by atoms with E-state index >= 15 is 0 Å². The van der Waals surface area contributed by atoms with E-state index in [1.165, 1.54) is 12.8 Å². The SMILES string of the molecule is C[C@]12CC[C@H](NC(=O)OCCN3CCCC3)C[C@H]1CC[C@@H]1[C@@H]2CC[C@]2(C)[C@@H](C3=CC(=O)OC3)[CH]C[C@]12O. The maximum absolute atomic E-state index is 12.5. The highest BCUT2D eigenvalue weighted by atomic mass is 16.5. The lowest BCUT2D eigenvalue weighted by Crippen LogP contribution is -2.62. The average molecular weight is 514 g/mol. The molecule has 4 aliphatic carbocycles. The summed E-state index contributed by atoms with van der Waals surface area (Å²) >= 11 is 0. The molecule has 2 aliphatic heterocycles. The predicted molar refractivity (Wildman–Crippen MR) is 139 cm³/mol. The monoisotopic (exact) mass is 513 g/mol. The van der Waals surface area contributed by atoms with E-state index < -0.39 is 5.60 Å². The molecule has 2 N–H and O–H groups in total. The summed E-state index contributed by atoms with van der Waals surface area (Å²) in [4.78, 5) is 26.6. The van der Waals surface area contributed by atoms with Crippen molar-refractivity contribution in [3.05, 3.63) is 18.1 Å². The molecule has 0 aromatic carbocycles. The number of alkyl carbamates (subject to hydrolysis) is 1. The number of fused-ring (bicyclic) bond motifs is 5. The summed E-state index contributed by atoms with van der Waals surface area (Å²) in [5.41, 5.74) is 0.270. The molecule has 7 nitrogen and oxygen atoms in total. The number of ether oxygens (including phenoxy) is 2. The Morgan fingerprint density at radius 1 is 1.16 bits per heavy atom. The van der Waals surface area contributed by atoms with Gasteiger partial charge in [0.25, 0.3) is 0 Å². The second-order valence-corrected chi connectivity index (χ2v) is 13.4. The zero-order valence-electron chi connectivity index (χ0n) is 22.7. The molecule has 5 fully saturated rings. The van der Waals surface area contributed by atoms with Crippen molar-refractivity contribution >= 4 is 12.1 Å².